The number of carbonyl (C=O) groups excluding carboxylic acids is 1. The van der Waals surface area contributed by atoms with Gasteiger partial charge in [0.05, 0.1) is 5.56 Å². The predicted octanol–water partition coefficient (Wildman–Crippen LogP) is 2.22. The van der Waals surface area contributed by atoms with Gasteiger partial charge in [0.2, 0.25) is 0 Å². The normalized spacial score (nSPS) is 11.2. The van der Waals surface area contributed by atoms with Crippen LogP contribution in [0.4, 0.5) is 18.9 Å². The van der Waals surface area contributed by atoms with Crippen LogP contribution in [0.15, 0.2) is 18.2 Å². The Kier molecular flexibility index (Phi) is 3.64. The van der Waals surface area contributed by atoms with Crippen molar-refractivity contribution in [2.24, 2.45) is 0 Å². The number of nitrogens with zero attached hydrogens (tertiary/aromatic N) is 1. The van der Waals surface area contributed by atoms with Gasteiger partial charge in [-0.1, -0.05) is 6.07 Å². The first kappa shape index (κ1) is 14.0. The fourth-order valence-corrected chi connectivity index (χ4v) is 1.52. The molecular formula is C11H10F3NO3. The number of halogens is 3. The van der Waals surface area contributed by atoms with Crippen molar-refractivity contribution in [2.45, 2.75) is 13.1 Å². The molecule has 18 heavy (non-hydrogen) atoms. The maximum atomic E-state index is 12.3. The number of carbonyl (C=O) groups is 2. The molecule has 0 spiro atoms. The summed E-state index contributed by atoms with van der Waals surface area (Å²) in [6, 6.07) is 3.80. The van der Waals surface area contributed by atoms with Crippen LogP contribution < -0.4 is 4.90 Å². The second kappa shape index (κ2) is 4.67. The van der Waals surface area contributed by atoms with Gasteiger partial charge in [-0.25, -0.2) is 4.79 Å². The highest BCUT2D eigenvalue weighted by Gasteiger charge is 2.42. The van der Waals surface area contributed by atoms with E-state index in [1.165, 1.54) is 25.1 Å². The molecule has 1 rings (SSSR count). The minimum absolute atomic E-state index is 0.0859. The minimum atomic E-state index is -5.00. The lowest BCUT2D eigenvalue weighted by atomic mass is 10.1. The molecule has 0 atom stereocenters. The van der Waals surface area contributed by atoms with Crippen molar-refractivity contribution in [1.29, 1.82) is 0 Å². The Balaban J connectivity index is 3.23. The zero-order chi connectivity index (χ0) is 14.1. The van der Waals surface area contributed by atoms with Crippen LogP contribution in [0.2, 0.25) is 0 Å². The van der Waals surface area contributed by atoms with E-state index in [0.717, 1.165) is 7.05 Å². The van der Waals surface area contributed by atoms with Crippen LogP contribution in [0.1, 0.15) is 15.9 Å². The molecule has 0 fully saturated rings. The van der Waals surface area contributed by atoms with Gasteiger partial charge in [-0.3, -0.25) is 4.79 Å². The highest BCUT2D eigenvalue weighted by Crippen LogP contribution is 2.26. The van der Waals surface area contributed by atoms with Gasteiger partial charge >= 0.3 is 18.1 Å². The molecule has 0 aliphatic rings. The molecule has 0 aromatic heterocycles. The molecule has 0 saturated carbocycles. The van der Waals surface area contributed by atoms with Gasteiger partial charge in [0.25, 0.3) is 0 Å². The Morgan fingerprint density at radius 2 is 1.83 bits per heavy atom. The smallest absolute Gasteiger partial charge is 0.471 e. The van der Waals surface area contributed by atoms with Crippen LogP contribution in [-0.4, -0.2) is 30.2 Å². The van der Waals surface area contributed by atoms with Gasteiger partial charge in [0, 0.05) is 12.7 Å². The standard InChI is InChI=1S/C11H10F3NO3/c1-6-7(9(16)17)4-3-5-8(6)15(2)10(18)11(12,13)14/h3-5H,1-2H3,(H,16,17). The van der Waals surface area contributed by atoms with Gasteiger partial charge in [0.15, 0.2) is 0 Å². The Morgan fingerprint density at radius 3 is 2.28 bits per heavy atom. The summed E-state index contributed by atoms with van der Waals surface area (Å²) in [5, 5.41) is 8.84. The second-order valence-corrected chi connectivity index (χ2v) is 3.62. The quantitative estimate of drug-likeness (QED) is 0.888. The lowest BCUT2D eigenvalue weighted by Gasteiger charge is -2.21. The van der Waals surface area contributed by atoms with Crippen molar-refractivity contribution in [1.82, 2.24) is 0 Å². The minimum Gasteiger partial charge on any atom is -0.478 e. The molecule has 0 unspecified atom stereocenters. The summed E-state index contributed by atoms with van der Waals surface area (Å²) in [6.07, 6.45) is -5.00. The van der Waals surface area contributed by atoms with Crippen LogP contribution in [-0.2, 0) is 4.79 Å². The van der Waals surface area contributed by atoms with Crippen molar-refractivity contribution in [3.05, 3.63) is 29.3 Å². The van der Waals surface area contributed by atoms with Crippen molar-refractivity contribution < 1.29 is 27.9 Å². The number of hydrogen-bond acceptors (Lipinski definition) is 2. The number of benzene rings is 1. The average molecular weight is 261 g/mol. The third-order valence-corrected chi connectivity index (χ3v) is 2.44. The molecule has 1 amide bonds. The van der Waals surface area contributed by atoms with Crippen LogP contribution in [0.3, 0.4) is 0 Å². The van der Waals surface area contributed by atoms with Crippen molar-refractivity contribution >= 4 is 17.6 Å². The first-order chi connectivity index (χ1) is 8.16. The molecule has 0 radical (unpaired) electrons. The maximum Gasteiger partial charge on any atom is 0.471 e. The Hall–Kier alpha value is -2.05. The first-order valence-corrected chi connectivity index (χ1v) is 4.84. The van der Waals surface area contributed by atoms with Gasteiger partial charge in [-0.05, 0) is 24.6 Å². The van der Waals surface area contributed by atoms with Crippen LogP contribution in [0.5, 0.6) is 0 Å². The molecule has 0 aliphatic carbocycles. The summed E-state index contributed by atoms with van der Waals surface area (Å²) >= 11 is 0. The third kappa shape index (κ3) is 2.61. The van der Waals surface area contributed by atoms with Crippen molar-refractivity contribution in [3.8, 4) is 0 Å². The first-order valence-electron chi connectivity index (χ1n) is 4.84. The SMILES string of the molecule is Cc1c(C(=O)O)cccc1N(C)C(=O)C(F)(F)F. The summed E-state index contributed by atoms with van der Waals surface area (Å²) in [7, 11) is 0.948. The van der Waals surface area contributed by atoms with Gasteiger partial charge in [-0.2, -0.15) is 13.2 Å². The number of carboxylic acids is 1. The summed E-state index contributed by atoms with van der Waals surface area (Å²) in [5.41, 5.74) is -0.128. The number of aromatic carboxylic acids is 1. The van der Waals surface area contributed by atoms with E-state index < -0.39 is 18.1 Å². The summed E-state index contributed by atoms with van der Waals surface area (Å²) in [4.78, 5) is 22.3. The molecule has 0 aliphatic heterocycles. The molecule has 1 aromatic rings. The topological polar surface area (TPSA) is 57.6 Å². The zero-order valence-corrected chi connectivity index (χ0v) is 9.58. The molecule has 98 valence electrons. The third-order valence-electron chi connectivity index (χ3n) is 2.44. The highest BCUT2D eigenvalue weighted by atomic mass is 19.4. The van der Waals surface area contributed by atoms with E-state index in [2.05, 4.69) is 0 Å². The molecule has 7 heteroatoms. The van der Waals surface area contributed by atoms with Crippen LogP contribution in [0.25, 0.3) is 0 Å². The zero-order valence-electron chi connectivity index (χ0n) is 9.58. The lowest BCUT2D eigenvalue weighted by Crippen LogP contribution is -2.39. The monoisotopic (exact) mass is 261 g/mol. The molecule has 1 aromatic carbocycles. The molecular weight excluding hydrogens is 251 g/mol. The predicted molar refractivity (Wildman–Crippen MR) is 57.6 cm³/mol. The summed E-state index contributed by atoms with van der Waals surface area (Å²) in [6.45, 7) is 1.35. The van der Waals surface area contributed by atoms with Gasteiger partial charge in [0.1, 0.15) is 0 Å². The van der Waals surface area contributed by atoms with E-state index >= 15 is 0 Å². The van der Waals surface area contributed by atoms with Crippen molar-refractivity contribution in [2.75, 3.05) is 11.9 Å². The Labute approximate surface area is 101 Å². The maximum absolute atomic E-state index is 12.3. The van der Waals surface area contributed by atoms with Gasteiger partial charge < -0.3 is 10.0 Å². The lowest BCUT2D eigenvalue weighted by molar-refractivity contribution is -0.170. The van der Waals surface area contributed by atoms with E-state index in [0.29, 0.717) is 4.90 Å². The number of amides is 1. The van der Waals surface area contributed by atoms with Crippen LogP contribution >= 0.6 is 0 Å². The largest absolute Gasteiger partial charge is 0.478 e. The van der Waals surface area contributed by atoms with Gasteiger partial charge in [-0.15, -0.1) is 0 Å². The molecule has 0 heterocycles. The number of rotatable bonds is 2. The van der Waals surface area contributed by atoms with Crippen molar-refractivity contribution in [3.63, 3.8) is 0 Å². The number of hydrogen-bond donors (Lipinski definition) is 1. The fourth-order valence-electron chi connectivity index (χ4n) is 1.52. The molecule has 0 bridgehead atoms. The molecule has 1 N–H and O–H groups in total. The summed E-state index contributed by atoms with van der Waals surface area (Å²) < 4.78 is 36.8. The van der Waals surface area contributed by atoms with Crippen LogP contribution in [0, 0.1) is 6.92 Å². The summed E-state index contributed by atoms with van der Waals surface area (Å²) in [5.74, 6) is -3.31. The fraction of sp³-hybridized carbons (Fsp3) is 0.273. The number of carboxylic acid groups (broad SMARTS) is 1. The average Bonchev–Trinajstić information content (AvgIpc) is 2.25. The number of anilines is 1. The highest BCUT2D eigenvalue weighted by molar-refractivity contribution is 5.99. The van der Waals surface area contributed by atoms with E-state index in [1.807, 2.05) is 0 Å². The molecule has 4 nitrogen and oxygen atoms in total. The Morgan fingerprint density at radius 1 is 1.28 bits per heavy atom. The second-order valence-electron chi connectivity index (χ2n) is 3.62. The number of alkyl halides is 3. The van der Waals surface area contributed by atoms with E-state index in [-0.39, 0.29) is 16.8 Å². The van der Waals surface area contributed by atoms with E-state index in [4.69, 9.17) is 5.11 Å². The van der Waals surface area contributed by atoms with E-state index in [1.54, 1.807) is 0 Å². The molecule has 0 saturated heterocycles. The van der Waals surface area contributed by atoms with E-state index in [9.17, 15) is 22.8 Å². The Bertz CT molecular complexity index is 497.